The molecule has 0 saturated heterocycles. The lowest BCUT2D eigenvalue weighted by molar-refractivity contribution is -0.137. The van der Waals surface area contributed by atoms with Crippen molar-refractivity contribution >= 4 is 5.97 Å². The Kier molecular flexibility index (Phi) is 38.9. The lowest BCUT2D eigenvalue weighted by Gasteiger charge is -2.08. The van der Waals surface area contributed by atoms with Crippen LogP contribution in [0.5, 0.6) is 0 Å². The minimum absolute atomic E-state index is 0.345. The van der Waals surface area contributed by atoms with Crippen molar-refractivity contribution in [1.29, 1.82) is 0 Å². The van der Waals surface area contributed by atoms with Gasteiger partial charge in [0, 0.05) is 6.42 Å². The molecular formula is C36H75NO2. The van der Waals surface area contributed by atoms with Gasteiger partial charge in [-0.1, -0.05) is 187 Å². The summed E-state index contributed by atoms with van der Waals surface area (Å²) in [4.78, 5) is 12.6. The standard InChI is InChI=1S/C18H39N.C18H36O2/c1-4-5-6-7-8-9-10-11-12-13-14-15-16-17-18-19(2)3;1-2-3-4-5-6-7-8-9-10-11-12-13-14-15-16-17-18(19)20/h4-18H2,1-3H3;2-17H2,1H3,(H,19,20). The molecule has 0 aromatic carbocycles. The molecule has 39 heavy (non-hydrogen) atoms. The summed E-state index contributed by atoms with van der Waals surface area (Å²) >= 11 is 0. The van der Waals surface area contributed by atoms with E-state index in [2.05, 4.69) is 32.8 Å². The van der Waals surface area contributed by atoms with Gasteiger partial charge in [0.15, 0.2) is 0 Å². The first-order valence-corrected chi connectivity index (χ1v) is 17.9. The molecule has 0 aromatic heterocycles. The fourth-order valence-corrected chi connectivity index (χ4v) is 5.27. The Hall–Kier alpha value is -0.570. The van der Waals surface area contributed by atoms with E-state index in [0.29, 0.717) is 6.42 Å². The molecule has 0 saturated carbocycles. The van der Waals surface area contributed by atoms with Crippen molar-refractivity contribution < 1.29 is 9.90 Å². The molecule has 0 aliphatic heterocycles. The summed E-state index contributed by atoms with van der Waals surface area (Å²) in [6, 6.07) is 0. The Labute approximate surface area is 247 Å². The average Bonchev–Trinajstić information content (AvgIpc) is 2.91. The smallest absolute Gasteiger partial charge is 0.303 e. The van der Waals surface area contributed by atoms with E-state index in [1.165, 1.54) is 180 Å². The lowest BCUT2D eigenvalue weighted by atomic mass is 10.0. The Balaban J connectivity index is 0. The summed E-state index contributed by atoms with van der Waals surface area (Å²) in [6.07, 6.45) is 40.5. The number of carboxylic acids is 1. The van der Waals surface area contributed by atoms with Crippen LogP contribution in [0.3, 0.4) is 0 Å². The van der Waals surface area contributed by atoms with E-state index in [0.717, 1.165) is 12.8 Å². The maximum absolute atomic E-state index is 10.3. The molecular weight excluding hydrogens is 478 g/mol. The third-order valence-corrected chi connectivity index (χ3v) is 7.95. The first kappa shape index (κ1) is 40.6. The highest BCUT2D eigenvalue weighted by Gasteiger charge is 1.97. The van der Waals surface area contributed by atoms with E-state index in [1.807, 2.05) is 0 Å². The zero-order chi connectivity index (χ0) is 29.1. The first-order valence-electron chi connectivity index (χ1n) is 17.9. The molecule has 0 aromatic rings. The second-order valence-electron chi connectivity index (χ2n) is 12.5. The Bertz CT molecular complexity index is 438. The predicted octanol–water partition coefficient (Wildman–Crippen LogP) is 12.4. The van der Waals surface area contributed by atoms with Gasteiger partial charge in [0.2, 0.25) is 0 Å². The second kappa shape index (κ2) is 37.4. The highest BCUT2D eigenvalue weighted by Crippen LogP contribution is 2.14. The number of unbranched alkanes of at least 4 members (excludes halogenated alkanes) is 27. The highest BCUT2D eigenvalue weighted by molar-refractivity contribution is 5.66. The van der Waals surface area contributed by atoms with Crippen LogP contribution >= 0.6 is 0 Å². The molecule has 0 atom stereocenters. The quantitative estimate of drug-likeness (QED) is 0.0868. The lowest BCUT2D eigenvalue weighted by Crippen LogP contribution is -2.12. The number of hydrogen-bond donors (Lipinski definition) is 1. The Morgan fingerprint density at radius 3 is 0.872 bits per heavy atom. The second-order valence-corrected chi connectivity index (χ2v) is 12.5. The van der Waals surface area contributed by atoms with Gasteiger partial charge in [-0.3, -0.25) is 4.79 Å². The summed E-state index contributed by atoms with van der Waals surface area (Å²) in [5, 5.41) is 8.52. The summed E-state index contributed by atoms with van der Waals surface area (Å²) in [5.41, 5.74) is 0. The Morgan fingerprint density at radius 1 is 0.410 bits per heavy atom. The normalized spacial score (nSPS) is 11.1. The molecule has 0 heterocycles. The van der Waals surface area contributed by atoms with Crippen LogP contribution in [-0.4, -0.2) is 36.6 Å². The van der Waals surface area contributed by atoms with Gasteiger partial charge in [-0.15, -0.1) is 0 Å². The molecule has 0 aliphatic carbocycles. The van der Waals surface area contributed by atoms with E-state index in [4.69, 9.17) is 5.11 Å². The zero-order valence-corrected chi connectivity index (χ0v) is 27.7. The van der Waals surface area contributed by atoms with Crippen molar-refractivity contribution in [3.8, 4) is 0 Å². The van der Waals surface area contributed by atoms with Gasteiger partial charge in [0.1, 0.15) is 0 Å². The topological polar surface area (TPSA) is 40.5 Å². The SMILES string of the molecule is CCCCCCCCCCCCCCCCCC(=O)O.CCCCCCCCCCCCCCCCN(C)C. The molecule has 0 spiro atoms. The van der Waals surface area contributed by atoms with Crippen molar-refractivity contribution in [3.63, 3.8) is 0 Å². The third kappa shape index (κ3) is 44.7. The van der Waals surface area contributed by atoms with E-state index in [1.54, 1.807) is 0 Å². The maximum atomic E-state index is 10.3. The van der Waals surface area contributed by atoms with Crippen LogP contribution < -0.4 is 0 Å². The van der Waals surface area contributed by atoms with E-state index >= 15 is 0 Å². The highest BCUT2D eigenvalue weighted by atomic mass is 16.4. The van der Waals surface area contributed by atoms with Gasteiger partial charge in [0.25, 0.3) is 0 Å². The van der Waals surface area contributed by atoms with Gasteiger partial charge >= 0.3 is 5.97 Å². The molecule has 0 rings (SSSR count). The summed E-state index contributed by atoms with van der Waals surface area (Å²) < 4.78 is 0. The number of rotatable bonds is 31. The van der Waals surface area contributed by atoms with Gasteiger partial charge < -0.3 is 10.0 Å². The minimum Gasteiger partial charge on any atom is -0.481 e. The number of carbonyl (C=O) groups is 1. The Morgan fingerprint density at radius 2 is 0.641 bits per heavy atom. The number of carboxylic acid groups (broad SMARTS) is 1. The van der Waals surface area contributed by atoms with Crippen molar-refractivity contribution in [3.05, 3.63) is 0 Å². The molecule has 0 amide bonds. The van der Waals surface area contributed by atoms with Crippen molar-refractivity contribution in [2.24, 2.45) is 0 Å². The molecule has 0 bridgehead atoms. The largest absolute Gasteiger partial charge is 0.481 e. The monoisotopic (exact) mass is 554 g/mol. The number of hydrogen-bond acceptors (Lipinski definition) is 2. The van der Waals surface area contributed by atoms with Crippen LogP contribution in [0.1, 0.15) is 206 Å². The number of aliphatic carboxylic acids is 1. The van der Waals surface area contributed by atoms with Crippen LogP contribution in [0.15, 0.2) is 0 Å². The van der Waals surface area contributed by atoms with Gasteiger partial charge in [-0.2, -0.15) is 0 Å². The van der Waals surface area contributed by atoms with Crippen LogP contribution in [-0.2, 0) is 4.79 Å². The molecule has 0 fully saturated rings. The predicted molar refractivity (Wildman–Crippen MR) is 176 cm³/mol. The van der Waals surface area contributed by atoms with Crippen molar-refractivity contribution in [2.75, 3.05) is 20.6 Å². The van der Waals surface area contributed by atoms with Crippen LogP contribution in [0.4, 0.5) is 0 Å². The van der Waals surface area contributed by atoms with E-state index < -0.39 is 5.97 Å². The molecule has 0 aliphatic rings. The maximum Gasteiger partial charge on any atom is 0.303 e. The average molecular weight is 554 g/mol. The fourth-order valence-electron chi connectivity index (χ4n) is 5.27. The molecule has 3 heteroatoms. The molecule has 0 unspecified atom stereocenters. The van der Waals surface area contributed by atoms with E-state index in [9.17, 15) is 4.79 Å². The third-order valence-electron chi connectivity index (χ3n) is 7.95. The van der Waals surface area contributed by atoms with Gasteiger partial charge in [-0.25, -0.2) is 0 Å². The molecule has 3 nitrogen and oxygen atoms in total. The van der Waals surface area contributed by atoms with Gasteiger partial charge in [0.05, 0.1) is 0 Å². The summed E-state index contributed by atoms with van der Waals surface area (Å²) in [6.45, 7) is 5.82. The summed E-state index contributed by atoms with van der Waals surface area (Å²) in [7, 11) is 4.34. The van der Waals surface area contributed by atoms with Gasteiger partial charge in [-0.05, 0) is 33.5 Å². The molecule has 236 valence electrons. The van der Waals surface area contributed by atoms with Crippen molar-refractivity contribution in [2.45, 2.75) is 206 Å². The van der Waals surface area contributed by atoms with Crippen LogP contribution in [0.2, 0.25) is 0 Å². The molecule has 0 radical (unpaired) electrons. The zero-order valence-electron chi connectivity index (χ0n) is 27.7. The first-order chi connectivity index (χ1) is 19.0. The van der Waals surface area contributed by atoms with Crippen LogP contribution in [0, 0.1) is 0 Å². The van der Waals surface area contributed by atoms with Crippen LogP contribution in [0.25, 0.3) is 0 Å². The number of nitrogens with zero attached hydrogens (tertiary/aromatic N) is 1. The van der Waals surface area contributed by atoms with Crippen molar-refractivity contribution in [1.82, 2.24) is 4.90 Å². The van der Waals surface area contributed by atoms with E-state index in [-0.39, 0.29) is 0 Å². The fraction of sp³-hybridized carbons (Fsp3) is 0.972. The molecule has 1 N–H and O–H groups in total. The minimum atomic E-state index is -0.653. The summed E-state index contributed by atoms with van der Waals surface area (Å²) in [5.74, 6) is -0.653.